The van der Waals surface area contributed by atoms with Crippen LogP contribution in [0.5, 0.6) is 0 Å². The van der Waals surface area contributed by atoms with Crippen molar-refractivity contribution in [2.45, 2.75) is 76.4 Å². The molecule has 3 aliphatic carbocycles. The molecule has 8 heteroatoms. The number of amides is 2. The number of hydrogen-bond donors (Lipinski definition) is 3. The molecule has 200 valence electrons. The molecule has 4 unspecified atom stereocenters. The average Bonchev–Trinajstić information content (AvgIpc) is 3.84. The van der Waals surface area contributed by atoms with Crippen molar-refractivity contribution in [1.29, 1.82) is 0 Å². The SMILES string of the molecule is CC(Nc1cc(C(=O)NC2CC3CCCN(c4ccc(C(=O)C5CC5)cn4)C3C2)ccc1C(N)=O)C1CC1. The van der Waals surface area contributed by atoms with Gasteiger partial charge < -0.3 is 21.3 Å². The van der Waals surface area contributed by atoms with Gasteiger partial charge in [-0.3, -0.25) is 14.4 Å². The fourth-order valence-corrected chi connectivity index (χ4v) is 6.42. The lowest BCUT2D eigenvalue weighted by molar-refractivity contribution is 0.0933. The van der Waals surface area contributed by atoms with Crippen LogP contribution in [-0.4, -0.2) is 47.3 Å². The van der Waals surface area contributed by atoms with Crippen LogP contribution in [0.15, 0.2) is 36.5 Å². The summed E-state index contributed by atoms with van der Waals surface area (Å²) < 4.78 is 0. The third-order valence-corrected chi connectivity index (χ3v) is 8.90. The van der Waals surface area contributed by atoms with Crippen molar-refractivity contribution in [1.82, 2.24) is 10.3 Å². The van der Waals surface area contributed by atoms with Crippen molar-refractivity contribution in [3.05, 3.63) is 53.2 Å². The molecule has 0 bridgehead atoms. The van der Waals surface area contributed by atoms with E-state index in [1.807, 2.05) is 12.1 Å². The molecule has 4 aliphatic rings. The van der Waals surface area contributed by atoms with Crippen LogP contribution in [0, 0.1) is 17.8 Å². The van der Waals surface area contributed by atoms with Crippen LogP contribution in [0.2, 0.25) is 0 Å². The normalized spacial score (nSPS) is 25.4. The number of carbonyl (C=O) groups is 3. The van der Waals surface area contributed by atoms with Crippen molar-refractivity contribution in [3.63, 3.8) is 0 Å². The summed E-state index contributed by atoms with van der Waals surface area (Å²) in [6.45, 7) is 3.04. The number of primary amides is 1. The number of rotatable bonds is 9. The highest BCUT2D eigenvalue weighted by Crippen LogP contribution is 2.40. The molecular formula is C30H37N5O3. The van der Waals surface area contributed by atoms with E-state index in [-0.39, 0.29) is 29.7 Å². The van der Waals surface area contributed by atoms with Crippen molar-refractivity contribution in [2.75, 3.05) is 16.8 Å². The smallest absolute Gasteiger partial charge is 0.251 e. The molecule has 1 aliphatic heterocycles. The predicted octanol–water partition coefficient (Wildman–Crippen LogP) is 4.16. The second kappa shape index (κ2) is 10.0. The number of nitrogens with two attached hydrogens (primary N) is 1. The molecule has 2 aromatic rings. The molecule has 1 aromatic heterocycles. The van der Waals surface area contributed by atoms with Crippen LogP contribution < -0.4 is 21.3 Å². The Morgan fingerprint density at radius 3 is 2.50 bits per heavy atom. The number of nitrogens with zero attached hydrogens (tertiary/aromatic N) is 2. The standard InChI is InChI=1S/C30H37N5O3/c1-17(18-4-5-18)33-25-14-21(8-10-24(25)29(31)37)30(38)34-23-13-20-3-2-12-35(26(20)15-23)27-11-9-22(16-32-27)28(36)19-6-7-19/h8-11,14,16-20,23,26,33H,2-7,12-13,15H2,1H3,(H2,31,37)(H,34,38). The second-order valence-electron chi connectivity index (χ2n) is 11.7. The van der Waals surface area contributed by atoms with Crippen molar-refractivity contribution in [3.8, 4) is 0 Å². The van der Waals surface area contributed by atoms with Crippen LogP contribution in [-0.2, 0) is 0 Å². The first-order chi connectivity index (χ1) is 18.4. The van der Waals surface area contributed by atoms with Gasteiger partial charge in [-0.2, -0.15) is 0 Å². The van der Waals surface area contributed by atoms with E-state index < -0.39 is 5.91 Å². The first-order valence-corrected chi connectivity index (χ1v) is 14.2. The average molecular weight is 516 g/mol. The summed E-state index contributed by atoms with van der Waals surface area (Å²) in [5, 5.41) is 6.67. The molecular weight excluding hydrogens is 478 g/mol. The maximum Gasteiger partial charge on any atom is 0.251 e. The lowest BCUT2D eigenvalue weighted by Gasteiger charge is -2.38. The highest BCUT2D eigenvalue weighted by atomic mass is 16.2. The van der Waals surface area contributed by atoms with Crippen LogP contribution in [0.3, 0.4) is 0 Å². The molecule has 6 rings (SSSR count). The molecule has 8 nitrogen and oxygen atoms in total. The lowest BCUT2D eigenvalue weighted by Crippen LogP contribution is -2.43. The van der Waals surface area contributed by atoms with E-state index in [9.17, 15) is 14.4 Å². The number of aromatic nitrogens is 1. The maximum absolute atomic E-state index is 13.3. The van der Waals surface area contributed by atoms with Crippen LogP contribution in [0.4, 0.5) is 11.5 Å². The summed E-state index contributed by atoms with van der Waals surface area (Å²) in [5.41, 5.74) is 7.89. The zero-order chi connectivity index (χ0) is 26.4. The van der Waals surface area contributed by atoms with Gasteiger partial charge in [-0.1, -0.05) is 0 Å². The number of ketones is 1. The van der Waals surface area contributed by atoms with Gasteiger partial charge in [0.05, 0.1) is 5.56 Å². The zero-order valence-electron chi connectivity index (χ0n) is 22.0. The molecule has 0 radical (unpaired) electrons. The Kier molecular flexibility index (Phi) is 6.58. The Labute approximate surface area is 223 Å². The number of benzene rings is 1. The fraction of sp³-hybridized carbons (Fsp3) is 0.533. The lowest BCUT2D eigenvalue weighted by atomic mass is 9.92. The number of carbonyl (C=O) groups excluding carboxylic acids is 3. The fourth-order valence-electron chi connectivity index (χ4n) is 6.42. The molecule has 0 spiro atoms. The number of anilines is 2. The van der Waals surface area contributed by atoms with E-state index in [1.54, 1.807) is 24.4 Å². The molecule has 2 amide bonds. The molecule has 38 heavy (non-hydrogen) atoms. The molecule has 4 N–H and O–H groups in total. The Bertz CT molecular complexity index is 1240. The third-order valence-electron chi connectivity index (χ3n) is 8.90. The maximum atomic E-state index is 13.3. The van der Waals surface area contributed by atoms with Crippen LogP contribution >= 0.6 is 0 Å². The summed E-state index contributed by atoms with van der Waals surface area (Å²) in [4.78, 5) is 44.7. The van der Waals surface area contributed by atoms with Crippen molar-refractivity contribution in [2.24, 2.45) is 23.5 Å². The van der Waals surface area contributed by atoms with Gasteiger partial charge in [0.1, 0.15) is 5.82 Å². The minimum atomic E-state index is -0.499. The van der Waals surface area contributed by atoms with Crippen LogP contribution in [0.25, 0.3) is 0 Å². The van der Waals surface area contributed by atoms with Gasteiger partial charge in [-0.25, -0.2) is 4.98 Å². The summed E-state index contributed by atoms with van der Waals surface area (Å²) >= 11 is 0. The number of piperidine rings is 1. The number of Topliss-reactive ketones (excluding diaryl/α,β-unsaturated/α-hetero) is 1. The minimum Gasteiger partial charge on any atom is -0.382 e. The summed E-state index contributed by atoms with van der Waals surface area (Å²) in [6, 6.07) is 9.63. The van der Waals surface area contributed by atoms with Gasteiger partial charge >= 0.3 is 0 Å². The van der Waals surface area contributed by atoms with E-state index in [4.69, 9.17) is 5.73 Å². The predicted molar refractivity (Wildman–Crippen MR) is 146 cm³/mol. The Morgan fingerprint density at radius 1 is 1.03 bits per heavy atom. The zero-order valence-corrected chi connectivity index (χ0v) is 22.0. The van der Waals surface area contributed by atoms with Gasteiger partial charge in [0.15, 0.2) is 5.78 Å². The number of fused-ring (bicyclic) bond motifs is 1. The Balaban J connectivity index is 1.12. The molecule has 3 saturated carbocycles. The molecule has 4 fully saturated rings. The van der Waals surface area contributed by atoms with Crippen molar-refractivity contribution >= 4 is 29.1 Å². The third kappa shape index (κ3) is 5.13. The van der Waals surface area contributed by atoms with Gasteiger partial charge in [-0.05, 0) is 100 Å². The largest absolute Gasteiger partial charge is 0.382 e. The van der Waals surface area contributed by atoms with E-state index in [0.717, 1.165) is 50.9 Å². The number of nitrogens with one attached hydrogen (secondary N) is 2. The van der Waals surface area contributed by atoms with Gasteiger partial charge in [-0.15, -0.1) is 0 Å². The highest BCUT2D eigenvalue weighted by molar-refractivity contribution is 6.02. The van der Waals surface area contributed by atoms with E-state index in [1.165, 1.54) is 12.8 Å². The van der Waals surface area contributed by atoms with Crippen molar-refractivity contribution < 1.29 is 14.4 Å². The summed E-state index contributed by atoms with van der Waals surface area (Å²) in [7, 11) is 0. The Hall–Kier alpha value is -3.42. The highest BCUT2D eigenvalue weighted by Gasteiger charge is 2.41. The quantitative estimate of drug-likeness (QED) is 0.432. The summed E-state index contributed by atoms with van der Waals surface area (Å²) in [6.07, 6.45) is 10.1. The molecule has 1 aromatic carbocycles. The number of pyridine rings is 1. The first-order valence-electron chi connectivity index (χ1n) is 14.2. The van der Waals surface area contributed by atoms with Gasteiger partial charge in [0.2, 0.25) is 0 Å². The van der Waals surface area contributed by atoms with Crippen LogP contribution in [0.1, 0.15) is 89.4 Å². The topological polar surface area (TPSA) is 117 Å². The summed E-state index contributed by atoms with van der Waals surface area (Å²) in [5.74, 6) is 1.80. The molecule has 2 heterocycles. The molecule has 4 atom stereocenters. The minimum absolute atomic E-state index is 0.0754. The van der Waals surface area contributed by atoms with E-state index >= 15 is 0 Å². The van der Waals surface area contributed by atoms with Gasteiger partial charge in [0.25, 0.3) is 11.8 Å². The monoisotopic (exact) mass is 515 g/mol. The Morgan fingerprint density at radius 2 is 1.82 bits per heavy atom. The first kappa shape index (κ1) is 24.9. The molecule has 1 saturated heterocycles. The van der Waals surface area contributed by atoms with Gasteiger partial charge in [0, 0.05) is 53.6 Å². The second-order valence-corrected chi connectivity index (χ2v) is 11.7. The van der Waals surface area contributed by atoms with E-state index in [0.29, 0.717) is 40.3 Å². The number of hydrogen-bond acceptors (Lipinski definition) is 6. The van der Waals surface area contributed by atoms with E-state index in [2.05, 4.69) is 27.4 Å².